The van der Waals surface area contributed by atoms with Crippen molar-refractivity contribution in [2.75, 3.05) is 6.61 Å². The normalized spacial score (nSPS) is 20.0. The monoisotopic (exact) mass is 200 g/mol. The minimum absolute atomic E-state index is 0.0985. The molecule has 0 aromatic carbocycles. The lowest BCUT2D eigenvalue weighted by Gasteiger charge is -2.03. The lowest BCUT2D eigenvalue weighted by atomic mass is 10.2. The zero-order valence-electron chi connectivity index (χ0n) is 8.11. The number of ether oxygens (including phenoxy) is 3. The first-order chi connectivity index (χ1) is 6.65. The summed E-state index contributed by atoms with van der Waals surface area (Å²) in [7, 11) is 0. The Hall–Kier alpha value is -1.52. The van der Waals surface area contributed by atoms with E-state index in [1.807, 2.05) is 6.92 Å². The summed E-state index contributed by atoms with van der Waals surface area (Å²) in [4.78, 5) is 22.1. The molecule has 1 aliphatic rings. The smallest absolute Gasteiger partial charge is 0.486 e. The Morgan fingerprint density at radius 1 is 1.64 bits per heavy atom. The number of Topliss-reactive ketones (excluding diaryl/α,β-unsaturated/α-hetero) is 1. The number of carbonyl (C=O) groups excluding carboxylic acids is 2. The van der Waals surface area contributed by atoms with Crippen molar-refractivity contribution in [2.45, 2.75) is 26.4 Å². The maximum atomic E-state index is 11.2. The maximum absolute atomic E-state index is 11.2. The average molecular weight is 200 g/mol. The van der Waals surface area contributed by atoms with Crippen LogP contribution in [0.3, 0.4) is 0 Å². The predicted octanol–water partition coefficient (Wildman–Crippen LogP) is 1.38. The van der Waals surface area contributed by atoms with Crippen LogP contribution in [0.4, 0.5) is 4.79 Å². The van der Waals surface area contributed by atoms with E-state index in [2.05, 4.69) is 9.47 Å². The third-order valence-electron chi connectivity index (χ3n) is 1.61. The SMILES string of the molecule is CCCOC(=O)OC1=COC(C)C1=O. The molecule has 0 aromatic heterocycles. The summed E-state index contributed by atoms with van der Waals surface area (Å²) in [5.74, 6) is -0.447. The van der Waals surface area contributed by atoms with Gasteiger partial charge in [-0.05, 0) is 13.3 Å². The van der Waals surface area contributed by atoms with Crippen molar-refractivity contribution in [3.05, 3.63) is 12.0 Å². The standard InChI is InChI=1S/C9H12O5/c1-3-4-12-9(11)14-7-5-13-6(2)8(7)10/h5-6H,3-4H2,1-2H3. The number of hydrogen-bond donors (Lipinski definition) is 0. The largest absolute Gasteiger partial charge is 0.514 e. The fourth-order valence-corrected chi connectivity index (χ4v) is 0.863. The molecule has 0 radical (unpaired) electrons. The molecule has 1 heterocycles. The van der Waals surface area contributed by atoms with Gasteiger partial charge >= 0.3 is 6.16 Å². The van der Waals surface area contributed by atoms with E-state index in [0.717, 1.165) is 6.26 Å². The van der Waals surface area contributed by atoms with Crippen LogP contribution in [-0.2, 0) is 19.0 Å². The molecule has 0 spiro atoms. The Labute approximate surface area is 81.6 Å². The fraction of sp³-hybridized carbons (Fsp3) is 0.556. The van der Waals surface area contributed by atoms with E-state index >= 15 is 0 Å². The minimum Gasteiger partial charge on any atom is -0.486 e. The average Bonchev–Trinajstić information content (AvgIpc) is 2.46. The molecule has 0 aromatic rings. The van der Waals surface area contributed by atoms with Crippen LogP contribution in [0.15, 0.2) is 12.0 Å². The van der Waals surface area contributed by atoms with Crippen LogP contribution in [0.5, 0.6) is 0 Å². The van der Waals surface area contributed by atoms with Crippen LogP contribution in [-0.4, -0.2) is 24.6 Å². The van der Waals surface area contributed by atoms with Crippen molar-refractivity contribution in [3.63, 3.8) is 0 Å². The molecule has 5 heteroatoms. The van der Waals surface area contributed by atoms with Gasteiger partial charge in [0.25, 0.3) is 0 Å². The van der Waals surface area contributed by atoms with Gasteiger partial charge in [-0.25, -0.2) is 4.79 Å². The van der Waals surface area contributed by atoms with Crippen LogP contribution in [0, 0.1) is 0 Å². The first-order valence-electron chi connectivity index (χ1n) is 4.39. The van der Waals surface area contributed by atoms with E-state index < -0.39 is 12.3 Å². The Morgan fingerprint density at radius 3 is 2.86 bits per heavy atom. The summed E-state index contributed by atoms with van der Waals surface area (Å²) in [6.45, 7) is 3.71. The Kier molecular flexibility index (Phi) is 3.50. The highest BCUT2D eigenvalue weighted by molar-refractivity contribution is 5.99. The summed E-state index contributed by atoms with van der Waals surface area (Å²) >= 11 is 0. The molecule has 0 saturated carbocycles. The summed E-state index contributed by atoms with van der Waals surface area (Å²) < 4.78 is 14.1. The highest BCUT2D eigenvalue weighted by Gasteiger charge is 2.28. The molecule has 78 valence electrons. The number of hydrogen-bond acceptors (Lipinski definition) is 5. The summed E-state index contributed by atoms with van der Waals surface area (Å²) in [6, 6.07) is 0. The van der Waals surface area contributed by atoms with Crippen molar-refractivity contribution < 1.29 is 23.8 Å². The van der Waals surface area contributed by atoms with Gasteiger partial charge in [0.15, 0.2) is 6.10 Å². The molecule has 0 amide bonds. The van der Waals surface area contributed by atoms with Gasteiger partial charge in [-0.3, -0.25) is 4.79 Å². The van der Waals surface area contributed by atoms with Crippen molar-refractivity contribution in [1.82, 2.24) is 0 Å². The molecule has 0 bridgehead atoms. The molecular weight excluding hydrogens is 188 g/mol. The topological polar surface area (TPSA) is 61.8 Å². The molecule has 14 heavy (non-hydrogen) atoms. The maximum Gasteiger partial charge on any atom is 0.514 e. The summed E-state index contributed by atoms with van der Waals surface area (Å²) in [6.07, 6.45) is 0.378. The Balaban J connectivity index is 2.38. The van der Waals surface area contributed by atoms with Crippen LogP contribution in [0.2, 0.25) is 0 Å². The molecule has 0 aliphatic carbocycles. The van der Waals surface area contributed by atoms with Gasteiger partial charge < -0.3 is 14.2 Å². The van der Waals surface area contributed by atoms with Gasteiger partial charge in [0.05, 0.1) is 6.61 Å². The van der Waals surface area contributed by atoms with Crippen molar-refractivity contribution >= 4 is 11.9 Å². The quantitative estimate of drug-likeness (QED) is 0.644. The third-order valence-corrected chi connectivity index (χ3v) is 1.61. The molecular formula is C9H12O5. The van der Waals surface area contributed by atoms with E-state index in [4.69, 9.17) is 4.74 Å². The lowest BCUT2D eigenvalue weighted by Crippen LogP contribution is -2.17. The second-order valence-electron chi connectivity index (χ2n) is 2.83. The zero-order valence-corrected chi connectivity index (χ0v) is 8.11. The van der Waals surface area contributed by atoms with Crippen LogP contribution in [0.25, 0.3) is 0 Å². The van der Waals surface area contributed by atoms with Crippen molar-refractivity contribution in [3.8, 4) is 0 Å². The number of ketones is 1. The van der Waals surface area contributed by atoms with Gasteiger partial charge in [-0.2, -0.15) is 0 Å². The molecule has 1 rings (SSSR count). The van der Waals surface area contributed by atoms with Crippen molar-refractivity contribution in [1.29, 1.82) is 0 Å². The first kappa shape index (κ1) is 10.6. The van der Waals surface area contributed by atoms with Gasteiger partial charge in [-0.15, -0.1) is 0 Å². The minimum atomic E-state index is -0.871. The Bertz CT molecular complexity index is 268. The molecule has 5 nitrogen and oxygen atoms in total. The zero-order chi connectivity index (χ0) is 10.6. The second kappa shape index (κ2) is 4.64. The summed E-state index contributed by atoms with van der Waals surface area (Å²) in [5.41, 5.74) is 0. The van der Waals surface area contributed by atoms with Crippen LogP contribution < -0.4 is 0 Å². The third kappa shape index (κ3) is 2.48. The predicted molar refractivity (Wildman–Crippen MR) is 46.4 cm³/mol. The van der Waals surface area contributed by atoms with E-state index in [1.54, 1.807) is 6.92 Å². The molecule has 1 unspecified atom stereocenters. The first-order valence-corrected chi connectivity index (χ1v) is 4.39. The Morgan fingerprint density at radius 2 is 2.36 bits per heavy atom. The number of rotatable bonds is 3. The van der Waals surface area contributed by atoms with Crippen LogP contribution in [0.1, 0.15) is 20.3 Å². The van der Waals surface area contributed by atoms with E-state index in [1.165, 1.54) is 0 Å². The molecule has 0 N–H and O–H groups in total. The molecule has 1 atom stereocenters. The van der Waals surface area contributed by atoms with Gasteiger partial charge in [0.1, 0.15) is 6.26 Å². The summed E-state index contributed by atoms with van der Waals surface area (Å²) in [5, 5.41) is 0. The fourth-order valence-electron chi connectivity index (χ4n) is 0.863. The van der Waals surface area contributed by atoms with E-state index in [9.17, 15) is 9.59 Å². The lowest BCUT2D eigenvalue weighted by molar-refractivity contribution is -0.122. The van der Waals surface area contributed by atoms with E-state index in [-0.39, 0.29) is 18.1 Å². The highest BCUT2D eigenvalue weighted by Crippen LogP contribution is 2.15. The highest BCUT2D eigenvalue weighted by atomic mass is 16.7. The molecule has 1 aliphatic heterocycles. The van der Waals surface area contributed by atoms with E-state index in [0.29, 0.717) is 6.42 Å². The van der Waals surface area contributed by atoms with Gasteiger partial charge in [-0.1, -0.05) is 6.92 Å². The second-order valence-corrected chi connectivity index (χ2v) is 2.83. The van der Waals surface area contributed by atoms with Gasteiger partial charge in [0, 0.05) is 0 Å². The van der Waals surface area contributed by atoms with Crippen molar-refractivity contribution in [2.24, 2.45) is 0 Å². The van der Waals surface area contributed by atoms with Crippen LogP contribution >= 0.6 is 0 Å². The molecule has 0 fully saturated rings. The van der Waals surface area contributed by atoms with Gasteiger partial charge in [0.2, 0.25) is 11.5 Å². The number of carbonyl (C=O) groups is 2. The molecule has 0 saturated heterocycles.